The molecule has 7 rings (SSSR count). The quantitative estimate of drug-likeness (QED) is 0.174. The standard InChI is InChI=1S/C40H50N4O13/c1-39(2)54-33-26(15-30(41)45)52-29(35(33)56-39)18-43-32(47)16-27-34-36(57-40(3,4)55-34)28(53-27)17-42-31(46)14-13-25(37(48)49)44-38(50)51-19-24-22-11-7-5-9-20(22)21-10-6-8-12-23(21)24/h5-12,24-29,33-36H,13-19H2,1-4H3,(H2,41,45)(H,42,46)(H,43,47)(H,44,50)(H,48,49)/t25-,26-,27-,28+,29+,33-,34-,35+,36+/m0/s1. The maximum absolute atomic E-state index is 13.2. The molecule has 57 heavy (non-hydrogen) atoms. The van der Waals surface area contributed by atoms with Crippen LogP contribution >= 0.6 is 0 Å². The van der Waals surface area contributed by atoms with Crippen LogP contribution in [0.15, 0.2) is 48.5 Å². The highest BCUT2D eigenvalue weighted by atomic mass is 16.8. The fourth-order valence-electron chi connectivity index (χ4n) is 8.49. The third-order valence-corrected chi connectivity index (χ3v) is 10.9. The van der Waals surface area contributed by atoms with E-state index >= 15 is 0 Å². The van der Waals surface area contributed by atoms with Crippen molar-refractivity contribution < 1.29 is 62.2 Å². The zero-order valence-corrected chi connectivity index (χ0v) is 32.3. The lowest BCUT2D eigenvalue weighted by atomic mass is 9.98. The van der Waals surface area contributed by atoms with Crippen LogP contribution in [0.5, 0.6) is 0 Å². The topological polar surface area (TPSA) is 232 Å². The summed E-state index contributed by atoms with van der Waals surface area (Å²) in [5, 5.41) is 17.8. The van der Waals surface area contributed by atoms with E-state index in [1.807, 2.05) is 48.5 Å². The first-order chi connectivity index (χ1) is 27.1. The number of aliphatic carboxylic acids is 1. The molecule has 2 aromatic carbocycles. The van der Waals surface area contributed by atoms with Gasteiger partial charge in [0.1, 0.15) is 49.3 Å². The largest absolute Gasteiger partial charge is 0.480 e. The second kappa shape index (κ2) is 16.3. The van der Waals surface area contributed by atoms with Gasteiger partial charge in [-0.1, -0.05) is 48.5 Å². The van der Waals surface area contributed by atoms with E-state index in [9.17, 15) is 29.1 Å². The minimum atomic E-state index is -1.37. The maximum Gasteiger partial charge on any atom is 0.407 e. The molecule has 2 aromatic rings. The summed E-state index contributed by atoms with van der Waals surface area (Å²) in [7, 11) is 0. The van der Waals surface area contributed by atoms with Crippen LogP contribution in [0.4, 0.5) is 4.79 Å². The highest BCUT2D eigenvalue weighted by Gasteiger charge is 2.57. The van der Waals surface area contributed by atoms with Crippen molar-refractivity contribution in [3.63, 3.8) is 0 Å². The highest BCUT2D eigenvalue weighted by Crippen LogP contribution is 2.45. The molecule has 0 spiro atoms. The minimum Gasteiger partial charge on any atom is -0.480 e. The average Bonchev–Trinajstić information content (AvgIpc) is 3.91. The molecule has 6 N–H and O–H groups in total. The number of ether oxygens (including phenoxy) is 7. The Hall–Kier alpha value is -4.65. The summed E-state index contributed by atoms with van der Waals surface area (Å²) in [6, 6.07) is 14.4. The monoisotopic (exact) mass is 794 g/mol. The number of benzene rings is 2. The first-order valence-electron chi connectivity index (χ1n) is 19.3. The number of fused-ring (bicyclic) bond motifs is 5. The van der Waals surface area contributed by atoms with Crippen LogP contribution in [0.2, 0.25) is 0 Å². The molecular formula is C40H50N4O13. The third-order valence-electron chi connectivity index (χ3n) is 10.9. The van der Waals surface area contributed by atoms with Crippen LogP contribution < -0.4 is 21.7 Å². The van der Waals surface area contributed by atoms with E-state index in [0.717, 1.165) is 22.3 Å². The predicted molar refractivity (Wildman–Crippen MR) is 198 cm³/mol. The first kappa shape index (κ1) is 40.5. The molecule has 9 atom stereocenters. The molecule has 0 aromatic heterocycles. The van der Waals surface area contributed by atoms with Crippen LogP contribution in [0.3, 0.4) is 0 Å². The molecule has 5 aliphatic rings. The number of carboxylic acids is 1. The summed E-state index contributed by atoms with van der Waals surface area (Å²) in [5.41, 5.74) is 9.58. The lowest BCUT2D eigenvalue weighted by Crippen LogP contribution is -2.43. The molecule has 4 fully saturated rings. The van der Waals surface area contributed by atoms with Crippen molar-refractivity contribution in [2.45, 2.75) is 126 Å². The van der Waals surface area contributed by atoms with Gasteiger partial charge >= 0.3 is 12.1 Å². The van der Waals surface area contributed by atoms with Gasteiger partial charge in [-0.25, -0.2) is 9.59 Å². The number of hydrogen-bond acceptors (Lipinski definition) is 12. The van der Waals surface area contributed by atoms with E-state index in [1.165, 1.54) is 0 Å². The molecule has 17 nitrogen and oxygen atoms in total. The van der Waals surface area contributed by atoms with E-state index in [1.54, 1.807) is 27.7 Å². The normalized spacial score (nSPS) is 29.4. The fourth-order valence-corrected chi connectivity index (χ4v) is 8.49. The Bertz CT molecular complexity index is 1830. The van der Waals surface area contributed by atoms with Gasteiger partial charge in [0.05, 0.1) is 25.0 Å². The van der Waals surface area contributed by atoms with Gasteiger partial charge in [0.15, 0.2) is 11.6 Å². The molecule has 0 unspecified atom stereocenters. The Labute approximate surface area is 329 Å². The van der Waals surface area contributed by atoms with Crippen LogP contribution in [0, 0.1) is 0 Å². The molecule has 1 aliphatic carbocycles. The Kier molecular flexibility index (Phi) is 11.6. The summed E-state index contributed by atoms with van der Waals surface area (Å²) in [4.78, 5) is 62.6. The Morgan fingerprint density at radius 1 is 0.719 bits per heavy atom. The van der Waals surface area contributed by atoms with Gasteiger partial charge in [0, 0.05) is 25.4 Å². The number of primary amides is 1. The van der Waals surface area contributed by atoms with Gasteiger partial charge in [-0.05, 0) is 56.4 Å². The molecule has 4 heterocycles. The van der Waals surface area contributed by atoms with Crippen molar-refractivity contribution in [1.82, 2.24) is 16.0 Å². The van der Waals surface area contributed by atoms with Crippen LogP contribution in [0.1, 0.15) is 70.4 Å². The fraction of sp³-hybridized carbons (Fsp3) is 0.575. The summed E-state index contributed by atoms with van der Waals surface area (Å²) >= 11 is 0. The Morgan fingerprint density at radius 2 is 1.19 bits per heavy atom. The number of nitrogens with two attached hydrogens (primary N) is 1. The molecule has 0 bridgehead atoms. The number of amides is 4. The van der Waals surface area contributed by atoms with Crippen molar-refractivity contribution >= 4 is 29.8 Å². The number of carboxylic acid groups (broad SMARTS) is 1. The van der Waals surface area contributed by atoms with E-state index < -0.39 is 90.3 Å². The molecule has 4 amide bonds. The van der Waals surface area contributed by atoms with Crippen molar-refractivity contribution in [3.05, 3.63) is 59.7 Å². The van der Waals surface area contributed by atoms with Crippen molar-refractivity contribution in [2.75, 3.05) is 19.7 Å². The van der Waals surface area contributed by atoms with E-state index in [-0.39, 0.29) is 57.2 Å². The number of rotatable bonds is 15. The highest BCUT2D eigenvalue weighted by molar-refractivity contribution is 5.82. The smallest absolute Gasteiger partial charge is 0.407 e. The van der Waals surface area contributed by atoms with E-state index in [0.29, 0.717) is 0 Å². The molecule has 0 saturated carbocycles. The van der Waals surface area contributed by atoms with Gasteiger partial charge in [0.2, 0.25) is 17.7 Å². The molecule has 4 saturated heterocycles. The summed E-state index contributed by atoms with van der Waals surface area (Å²) < 4.78 is 41.8. The molecular weight excluding hydrogens is 744 g/mol. The lowest BCUT2D eigenvalue weighted by Gasteiger charge is -2.25. The van der Waals surface area contributed by atoms with Crippen LogP contribution in [-0.4, -0.2) is 121 Å². The number of carbonyl (C=O) groups excluding carboxylic acids is 4. The van der Waals surface area contributed by atoms with Crippen molar-refractivity contribution in [1.29, 1.82) is 0 Å². The summed E-state index contributed by atoms with van der Waals surface area (Å²) in [5.74, 6) is -4.72. The Balaban J connectivity index is 0.870. The number of nitrogens with one attached hydrogen (secondary N) is 3. The SMILES string of the molecule is CC1(C)O[C@@H]2[C@H](O1)[C@@H](CNC(=O)C[C@@H]1O[C@H](CNC(=O)CC[C@H](NC(=O)OCC3c4ccccc4-c4ccccc43)C(=O)O)[C@H]3OC(C)(C)O[C@H]31)O[C@H]2CC(N)=O. The first-order valence-corrected chi connectivity index (χ1v) is 19.3. The van der Waals surface area contributed by atoms with Gasteiger partial charge in [0.25, 0.3) is 0 Å². The number of carbonyl (C=O) groups is 5. The number of hydrogen-bond donors (Lipinski definition) is 5. The molecule has 17 heteroatoms. The van der Waals surface area contributed by atoms with E-state index in [2.05, 4.69) is 16.0 Å². The molecule has 4 aliphatic heterocycles. The van der Waals surface area contributed by atoms with Crippen LogP contribution in [0.25, 0.3) is 11.1 Å². The van der Waals surface area contributed by atoms with Crippen molar-refractivity contribution in [2.24, 2.45) is 5.73 Å². The van der Waals surface area contributed by atoms with Gasteiger partial charge < -0.3 is 59.9 Å². The summed E-state index contributed by atoms with van der Waals surface area (Å²) in [6.07, 6.45) is -6.23. The maximum atomic E-state index is 13.2. The van der Waals surface area contributed by atoms with Gasteiger partial charge in [-0.15, -0.1) is 0 Å². The van der Waals surface area contributed by atoms with E-state index in [4.69, 9.17) is 38.9 Å². The molecule has 0 radical (unpaired) electrons. The van der Waals surface area contributed by atoms with Gasteiger partial charge in [-0.3, -0.25) is 14.4 Å². The van der Waals surface area contributed by atoms with Gasteiger partial charge in [-0.2, -0.15) is 0 Å². The summed E-state index contributed by atoms with van der Waals surface area (Å²) in [6.45, 7) is 7.12. The number of alkyl carbamates (subject to hydrolysis) is 1. The zero-order chi connectivity index (χ0) is 40.6. The lowest BCUT2D eigenvalue weighted by molar-refractivity contribution is -0.189. The van der Waals surface area contributed by atoms with Crippen molar-refractivity contribution in [3.8, 4) is 11.1 Å². The second-order valence-corrected chi connectivity index (χ2v) is 15.9. The zero-order valence-electron chi connectivity index (χ0n) is 32.3. The third kappa shape index (κ3) is 9.08. The average molecular weight is 795 g/mol. The molecule has 308 valence electrons. The van der Waals surface area contributed by atoms with Crippen LogP contribution in [-0.2, 0) is 52.3 Å². The minimum absolute atomic E-state index is 0.00244. The Morgan fingerprint density at radius 3 is 1.70 bits per heavy atom. The predicted octanol–water partition coefficient (Wildman–Crippen LogP) is 1.83. The second-order valence-electron chi connectivity index (χ2n) is 15.9.